The number of imidazole rings is 1. The topological polar surface area (TPSA) is 90.9 Å². The molecule has 0 aromatic carbocycles. The zero-order valence-electron chi connectivity index (χ0n) is 14.3. The van der Waals surface area contributed by atoms with Gasteiger partial charge in [0.15, 0.2) is 11.2 Å². The lowest BCUT2D eigenvalue weighted by atomic mass is 10.2. The maximum absolute atomic E-state index is 12.3. The molecule has 1 aliphatic carbocycles. The summed E-state index contributed by atoms with van der Waals surface area (Å²) in [7, 11) is 3.04. The van der Waals surface area contributed by atoms with Gasteiger partial charge in [0.1, 0.15) is 0 Å². The number of amides is 1. The normalized spacial score (nSPS) is 19.6. The highest BCUT2D eigenvalue weighted by Gasteiger charge is 2.32. The molecule has 1 fully saturated rings. The molecule has 2 aromatic heterocycles. The van der Waals surface area contributed by atoms with E-state index in [1.165, 1.54) is 18.0 Å². The van der Waals surface area contributed by atoms with Gasteiger partial charge in [0.2, 0.25) is 5.91 Å². The van der Waals surface area contributed by atoms with Gasteiger partial charge >= 0.3 is 5.69 Å². The predicted molar refractivity (Wildman–Crippen MR) is 89.7 cm³/mol. The summed E-state index contributed by atoms with van der Waals surface area (Å²) in [6.45, 7) is 3.46. The molecule has 130 valence electrons. The average Bonchev–Trinajstić information content (AvgIpc) is 3.10. The van der Waals surface area contributed by atoms with Crippen LogP contribution in [-0.2, 0) is 25.4 Å². The molecule has 0 aliphatic heterocycles. The summed E-state index contributed by atoms with van der Waals surface area (Å²) in [5, 5.41) is 2.95. The van der Waals surface area contributed by atoms with Crippen LogP contribution in [0.25, 0.3) is 11.2 Å². The zero-order chi connectivity index (χ0) is 17.4. The van der Waals surface area contributed by atoms with Gasteiger partial charge in [0, 0.05) is 33.6 Å². The largest absolute Gasteiger partial charge is 0.356 e. The SMILES string of the molecule is C[C@H]1C[C@@H]1CNC(=O)CCCn1cnc2c1c(=O)n(C)c(=O)n2C. The van der Waals surface area contributed by atoms with Gasteiger partial charge in [0.25, 0.3) is 5.56 Å². The molecule has 2 aromatic rings. The van der Waals surface area contributed by atoms with Crippen LogP contribution in [0.5, 0.6) is 0 Å². The number of aromatic nitrogens is 4. The number of hydrogen-bond donors (Lipinski definition) is 1. The molecule has 1 aliphatic rings. The van der Waals surface area contributed by atoms with Crippen molar-refractivity contribution in [3.63, 3.8) is 0 Å². The van der Waals surface area contributed by atoms with Crippen molar-refractivity contribution in [1.82, 2.24) is 24.0 Å². The van der Waals surface area contributed by atoms with Crippen molar-refractivity contribution in [1.29, 1.82) is 0 Å². The predicted octanol–water partition coefficient (Wildman–Crippen LogP) is -0.0139. The summed E-state index contributed by atoms with van der Waals surface area (Å²) in [5.41, 5.74) is 0.00582. The van der Waals surface area contributed by atoms with Crippen LogP contribution in [0.15, 0.2) is 15.9 Å². The van der Waals surface area contributed by atoms with Gasteiger partial charge in [-0.25, -0.2) is 9.78 Å². The standard InChI is InChI=1S/C16H23N5O3/c1-10-7-11(10)8-17-12(22)5-4-6-21-9-18-14-13(21)15(23)20(3)16(24)19(14)2/h9-11H,4-8H2,1-3H3,(H,17,22)/t10-,11+/m0/s1. The monoisotopic (exact) mass is 333 g/mol. The first-order chi connectivity index (χ1) is 11.4. The van der Waals surface area contributed by atoms with Gasteiger partial charge in [-0.3, -0.25) is 18.7 Å². The Kier molecular flexibility index (Phi) is 4.29. The summed E-state index contributed by atoms with van der Waals surface area (Å²) in [5.74, 6) is 1.40. The van der Waals surface area contributed by atoms with E-state index in [0.29, 0.717) is 36.5 Å². The Morgan fingerprint density at radius 3 is 2.71 bits per heavy atom. The second kappa shape index (κ2) is 6.26. The van der Waals surface area contributed by atoms with Gasteiger partial charge in [-0.05, 0) is 24.7 Å². The van der Waals surface area contributed by atoms with Crippen LogP contribution >= 0.6 is 0 Å². The lowest BCUT2D eigenvalue weighted by molar-refractivity contribution is -0.121. The first kappa shape index (κ1) is 16.5. The number of carbonyl (C=O) groups excluding carboxylic acids is 1. The quantitative estimate of drug-likeness (QED) is 0.805. The Balaban J connectivity index is 1.64. The van der Waals surface area contributed by atoms with Crippen LogP contribution in [0.4, 0.5) is 0 Å². The lowest BCUT2D eigenvalue weighted by Gasteiger charge is -2.07. The maximum atomic E-state index is 12.3. The summed E-state index contributed by atoms with van der Waals surface area (Å²) in [4.78, 5) is 40.2. The Labute approximate surface area is 139 Å². The molecule has 0 bridgehead atoms. The number of hydrogen-bond acceptors (Lipinski definition) is 4. The highest BCUT2D eigenvalue weighted by Crippen LogP contribution is 2.36. The minimum Gasteiger partial charge on any atom is -0.356 e. The van der Waals surface area contributed by atoms with Gasteiger partial charge in [-0.2, -0.15) is 0 Å². The number of carbonyl (C=O) groups is 1. The van der Waals surface area contributed by atoms with E-state index in [1.54, 1.807) is 17.9 Å². The lowest BCUT2D eigenvalue weighted by Crippen LogP contribution is -2.37. The van der Waals surface area contributed by atoms with Crippen molar-refractivity contribution in [3.05, 3.63) is 27.2 Å². The van der Waals surface area contributed by atoms with Crippen LogP contribution in [0, 0.1) is 11.8 Å². The van der Waals surface area contributed by atoms with E-state index in [2.05, 4.69) is 17.2 Å². The van der Waals surface area contributed by atoms with E-state index in [4.69, 9.17) is 0 Å². The van der Waals surface area contributed by atoms with Crippen LogP contribution in [0.2, 0.25) is 0 Å². The summed E-state index contributed by atoms with van der Waals surface area (Å²) in [6, 6.07) is 0. The summed E-state index contributed by atoms with van der Waals surface area (Å²) in [6.07, 6.45) is 3.77. The molecule has 1 amide bonds. The first-order valence-electron chi connectivity index (χ1n) is 8.27. The minimum absolute atomic E-state index is 0.0406. The fourth-order valence-electron chi connectivity index (χ4n) is 2.99. The number of nitrogens with zero attached hydrogens (tertiary/aromatic N) is 4. The van der Waals surface area contributed by atoms with Crippen LogP contribution < -0.4 is 16.6 Å². The third-order valence-corrected chi connectivity index (χ3v) is 4.86. The number of aryl methyl sites for hydroxylation is 2. The number of fused-ring (bicyclic) bond motifs is 1. The van der Waals surface area contributed by atoms with E-state index < -0.39 is 5.69 Å². The summed E-state index contributed by atoms with van der Waals surface area (Å²) >= 11 is 0. The molecule has 2 atom stereocenters. The highest BCUT2D eigenvalue weighted by molar-refractivity contribution is 5.76. The van der Waals surface area contributed by atoms with E-state index >= 15 is 0 Å². The minimum atomic E-state index is -0.397. The van der Waals surface area contributed by atoms with Crippen molar-refractivity contribution in [2.45, 2.75) is 32.7 Å². The van der Waals surface area contributed by atoms with Gasteiger partial charge in [0.05, 0.1) is 6.33 Å². The van der Waals surface area contributed by atoms with Crippen molar-refractivity contribution in [3.8, 4) is 0 Å². The molecule has 8 heteroatoms. The van der Waals surface area contributed by atoms with Gasteiger partial charge < -0.3 is 9.88 Å². The second-order valence-electron chi connectivity index (χ2n) is 6.70. The van der Waals surface area contributed by atoms with Crippen molar-refractivity contribution < 1.29 is 4.79 Å². The van der Waals surface area contributed by atoms with Crippen molar-refractivity contribution in [2.75, 3.05) is 6.54 Å². The van der Waals surface area contributed by atoms with Crippen molar-refractivity contribution in [2.24, 2.45) is 25.9 Å². The van der Waals surface area contributed by atoms with Crippen LogP contribution in [0.1, 0.15) is 26.2 Å². The molecule has 0 unspecified atom stereocenters. The first-order valence-corrected chi connectivity index (χ1v) is 8.27. The molecule has 24 heavy (non-hydrogen) atoms. The van der Waals surface area contributed by atoms with Crippen LogP contribution in [0.3, 0.4) is 0 Å². The molecular formula is C16H23N5O3. The Morgan fingerprint density at radius 1 is 1.33 bits per heavy atom. The molecule has 0 spiro atoms. The fraction of sp³-hybridized carbons (Fsp3) is 0.625. The van der Waals surface area contributed by atoms with Crippen molar-refractivity contribution >= 4 is 17.1 Å². The Hall–Kier alpha value is -2.38. The maximum Gasteiger partial charge on any atom is 0.332 e. The van der Waals surface area contributed by atoms with E-state index in [-0.39, 0.29) is 11.5 Å². The smallest absolute Gasteiger partial charge is 0.332 e. The average molecular weight is 333 g/mol. The third-order valence-electron chi connectivity index (χ3n) is 4.86. The molecule has 0 saturated heterocycles. The van der Waals surface area contributed by atoms with E-state index in [0.717, 1.165) is 17.0 Å². The number of nitrogens with one attached hydrogen (secondary N) is 1. The van der Waals surface area contributed by atoms with Crippen LogP contribution in [-0.4, -0.2) is 31.1 Å². The Bertz CT molecular complexity index is 891. The van der Waals surface area contributed by atoms with Gasteiger partial charge in [-0.15, -0.1) is 0 Å². The molecule has 2 heterocycles. The Morgan fingerprint density at radius 2 is 2.04 bits per heavy atom. The molecule has 3 rings (SSSR count). The molecular weight excluding hydrogens is 310 g/mol. The van der Waals surface area contributed by atoms with E-state index in [1.807, 2.05) is 0 Å². The number of rotatable bonds is 6. The molecule has 0 radical (unpaired) electrons. The second-order valence-corrected chi connectivity index (χ2v) is 6.70. The molecule has 1 saturated carbocycles. The third kappa shape index (κ3) is 3.00. The fourth-order valence-corrected chi connectivity index (χ4v) is 2.99. The summed E-state index contributed by atoms with van der Waals surface area (Å²) < 4.78 is 4.15. The highest BCUT2D eigenvalue weighted by atomic mass is 16.2. The molecule has 8 nitrogen and oxygen atoms in total. The van der Waals surface area contributed by atoms with E-state index in [9.17, 15) is 14.4 Å². The zero-order valence-corrected chi connectivity index (χ0v) is 14.3. The molecule has 1 N–H and O–H groups in total. The van der Waals surface area contributed by atoms with Gasteiger partial charge in [-0.1, -0.05) is 6.92 Å².